The Balaban J connectivity index is 1.87. The molecule has 0 unspecified atom stereocenters. The van der Waals surface area contributed by atoms with Crippen LogP contribution in [0, 0.1) is 5.92 Å². The highest BCUT2D eigenvalue weighted by Gasteiger charge is 2.24. The predicted molar refractivity (Wildman–Crippen MR) is 37.2 cm³/mol. The summed E-state index contributed by atoms with van der Waals surface area (Å²) in [5.41, 5.74) is 0. The molecule has 1 saturated carbocycles. The van der Waals surface area contributed by atoms with Gasteiger partial charge in [-0.2, -0.15) is 0 Å². The van der Waals surface area contributed by atoms with Gasteiger partial charge >= 0.3 is 6.98 Å². The molecule has 1 aliphatic rings. The third-order valence-electron chi connectivity index (χ3n) is 1.67. The number of rotatable bonds is 5. The van der Waals surface area contributed by atoms with Crippen LogP contribution in [0.25, 0.3) is 0 Å². The van der Waals surface area contributed by atoms with E-state index in [1.165, 1.54) is 12.8 Å². The van der Waals surface area contributed by atoms with Crippen LogP contribution in [0.5, 0.6) is 0 Å². The second-order valence-electron chi connectivity index (χ2n) is 3.02. The molecule has 0 saturated heterocycles. The Labute approximate surface area is 64.0 Å². The first kappa shape index (κ1) is 8.91. The Morgan fingerprint density at radius 1 is 1.27 bits per heavy atom. The zero-order valence-corrected chi connectivity index (χ0v) is 6.23. The molecule has 0 aliphatic heterocycles. The van der Waals surface area contributed by atoms with E-state index in [1.807, 2.05) is 0 Å². The van der Waals surface area contributed by atoms with Gasteiger partial charge in [0.05, 0.1) is 0 Å². The molecule has 0 heterocycles. The lowest BCUT2D eigenvalue weighted by molar-refractivity contribution is 0.144. The number of halogens is 3. The highest BCUT2D eigenvalue weighted by molar-refractivity contribution is 6.58. The van der Waals surface area contributed by atoms with Crippen molar-refractivity contribution in [3.63, 3.8) is 0 Å². The molecule has 0 atom stereocenters. The summed E-state index contributed by atoms with van der Waals surface area (Å²) in [6.45, 7) is -5.50. The van der Waals surface area contributed by atoms with Gasteiger partial charge in [-0.25, -0.2) is 0 Å². The molecular weight excluding hydrogens is 156 g/mol. The third kappa shape index (κ3) is 5.12. The summed E-state index contributed by atoms with van der Waals surface area (Å²) in [6.07, 6.45) is 3.13. The second kappa shape index (κ2) is 3.47. The minimum absolute atomic E-state index is 0.270. The fourth-order valence-electron chi connectivity index (χ4n) is 0.873. The molecule has 0 bridgehead atoms. The van der Waals surface area contributed by atoms with E-state index in [9.17, 15) is 12.9 Å². The smallest absolute Gasteiger partial charge is 0.447 e. The van der Waals surface area contributed by atoms with Crippen molar-refractivity contribution >= 4 is 6.98 Å². The Bertz CT molecular complexity index is 121. The maximum atomic E-state index is 11.5. The molecule has 0 radical (unpaired) electrons. The SMILES string of the molecule is F[B-](F)(F)COCCC1CC1. The Kier molecular flexibility index (Phi) is 2.81. The van der Waals surface area contributed by atoms with Crippen molar-refractivity contribution in [1.29, 1.82) is 0 Å². The molecule has 66 valence electrons. The predicted octanol–water partition coefficient (Wildman–Crippen LogP) is 2.19. The summed E-state index contributed by atoms with van der Waals surface area (Å²) in [5, 5.41) is 0. The Morgan fingerprint density at radius 3 is 2.36 bits per heavy atom. The molecule has 0 aromatic rings. The lowest BCUT2D eigenvalue weighted by Gasteiger charge is -2.13. The van der Waals surface area contributed by atoms with Crippen molar-refractivity contribution in [2.45, 2.75) is 19.3 Å². The van der Waals surface area contributed by atoms with Gasteiger partial charge in [0.15, 0.2) is 0 Å². The summed E-state index contributed by atoms with van der Waals surface area (Å²) in [4.78, 5) is 0. The van der Waals surface area contributed by atoms with Crippen molar-refractivity contribution < 1.29 is 17.7 Å². The van der Waals surface area contributed by atoms with Crippen LogP contribution in [0.15, 0.2) is 0 Å². The summed E-state index contributed by atoms with van der Waals surface area (Å²) < 4.78 is 39.1. The van der Waals surface area contributed by atoms with Gasteiger partial charge in [-0.1, -0.05) is 12.8 Å². The molecule has 0 aromatic heterocycles. The molecule has 0 spiro atoms. The molecule has 11 heavy (non-hydrogen) atoms. The first-order valence-electron chi connectivity index (χ1n) is 3.86. The average molecular weight is 167 g/mol. The highest BCUT2D eigenvalue weighted by Crippen LogP contribution is 2.32. The topological polar surface area (TPSA) is 9.23 Å². The van der Waals surface area contributed by atoms with E-state index >= 15 is 0 Å². The standard InChI is InChI=1S/C6H11BF3O/c8-7(9,10)5-11-4-3-6-1-2-6/h6H,1-5H2/q-1. The maximum Gasteiger partial charge on any atom is 0.503 e. The average Bonchev–Trinajstić information content (AvgIpc) is 2.60. The Morgan fingerprint density at radius 2 is 1.91 bits per heavy atom. The number of hydrogen-bond acceptors (Lipinski definition) is 1. The first-order chi connectivity index (χ1) is 5.08. The number of ether oxygens (including phenoxy) is 1. The summed E-state index contributed by atoms with van der Waals surface area (Å²) in [7, 11) is 0. The van der Waals surface area contributed by atoms with Crippen LogP contribution in [0.4, 0.5) is 12.9 Å². The quantitative estimate of drug-likeness (QED) is 0.450. The number of hydrogen-bond donors (Lipinski definition) is 0. The van der Waals surface area contributed by atoms with Crippen molar-refractivity contribution in [3.05, 3.63) is 0 Å². The second-order valence-corrected chi connectivity index (χ2v) is 3.02. The monoisotopic (exact) mass is 167 g/mol. The van der Waals surface area contributed by atoms with Gasteiger partial charge < -0.3 is 17.7 Å². The van der Waals surface area contributed by atoms with Crippen LogP contribution in [0.2, 0.25) is 0 Å². The fourth-order valence-corrected chi connectivity index (χ4v) is 0.873. The van der Waals surface area contributed by atoms with E-state index in [0.717, 1.165) is 6.42 Å². The Hall–Kier alpha value is -0.185. The minimum Gasteiger partial charge on any atom is -0.447 e. The van der Waals surface area contributed by atoms with Gasteiger partial charge in [0.1, 0.15) is 0 Å². The van der Waals surface area contributed by atoms with E-state index in [1.54, 1.807) is 0 Å². The van der Waals surface area contributed by atoms with Crippen molar-refractivity contribution in [2.24, 2.45) is 5.92 Å². The van der Waals surface area contributed by atoms with Crippen LogP contribution in [0.1, 0.15) is 19.3 Å². The molecule has 5 heteroatoms. The normalized spacial score (nSPS) is 18.8. The largest absolute Gasteiger partial charge is 0.503 e. The molecule has 1 rings (SSSR count). The minimum atomic E-state index is -4.73. The van der Waals surface area contributed by atoms with E-state index in [0.29, 0.717) is 5.92 Å². The van der Waals surface area contributed by atoms with Gasteiger partial charge in [-0.3, -0.25) is 0 Å². The van der Waals surface area contributed by atoms with Crippen LogP contribution < -0.4 is 0 Å². The molecule has 0 aromatic carbocycles. The van der Waals surface area contributed by atoms with Gasteiger partial charge in [-0.05, 0) is 12.3 Å². The van der Waals surface area contributed by atoms with Gasteiger partial charge in [0.25, 0.3) is 0 Å². The summed E-state index contributed by atoms with van der Waals surface area (Å²) >= 11 is 0. The van der Waals surface area contributed by atoms with E-state index in [2.05, 4.69) is 4.74 Å². The van der Waals surface area contributed by atoms with Gasteiger partial charge in [0.2, 0.25) is 0 Å². The highest BCUT2D eigenvalue weighted by atomic mass is 19.4. The van der Waals surface area contributed by atoms with Crippen LogP contribution in [-0.4, -0.2) is 20.1 Å². The van der Waals surface area contributed by atoms with Gasteiger partial charge in [0, 0.05) is 13.1 Å². The van der Waals surface area contributed by atoms with Crippen LogP contribution in [0.3, 0.4) is 0 Å². The third-order valence-corrected chi connectivity index (χ3v) is 1.67. The first-order valence-corrected chi connectivity index (χ1v) is 3.86. The lowest BCUT2D eigenvalue weighted by Crippen LogP contribution is -2.24. The molecule has 1 nitrogen and oxygen atoms in total. The van der Waals surface area contributed by atoms with E-state index < -0.39 is 13.5 Å². The van der Waals surface area contributed by atoms with Crippen molar-refractivity contribution in [1.82, 2.24) is 0 Å². The fraction of sp³-hybridized carbons (Fsp3) is 1.00. The van der Waals surface area contributed by atoms with Crippen molar-refractivity contribution in [3.8, 4) is 0 Å². The molecule has 1 fully saturated rings. The molecular formula is C6H11BF3O-. The lowest BCUT2D eigenvalue weighted by atomic mass is 9.95. The summed E-state index contributed by atoms with van der Waals surface area (Å²) in [5.74, 6) is 0.649. The van der Waals surface area contributed by atoms with E-state index in [4.69, 9.17) is 0 Å². The van der Waals surface area contributed by atoms with Crippen LogP contribution in [-0.2, 0) is 4.74 Å². The van der Waals surface area contributed by atoms with E-state index in [-0.39, 0.29) is 6.61 Å². The zero-order valence-electron chi connectivity index (χ0n) is 6.23. The zero-order chi connectivity index (χ0) is 8.32. The maximum absolute atomic E-state index is 11.5. The van der Waals surface area contributed by atoms with Crippen molar-refractivity contribution in [2.75, 3.05) is 13.1 Å². The summed E-state index contributed by atoms with van der Waals surface area (Å²) in [6, 6.07) is 0. The van der Waals surface area contributed by atoms with Gasteiger partial charge in [-0.15, -0.1) is 0 Å². The molecule has 0 N–H and O–H groups in total. The molecule has 1 aliphatic carbocycles. The molecule has 0 amide bonds. The van der Waals surface area contributed by atoms with Crippen LogP contribution >= 0.6 is 0 Å².